The summed E-state index contributed by atoms with van der Waals surface area (Å²) in [5.74, 6) is -0.440. The lowest BCUT2D eigenvalue weighted by Gasteiger charge is -2.12. The van der Waals surface area contributed by atoms with Gasteiger partial charge in [0.15, 0.2) is 0 Å². The summed E-state index contributed by atoms with van der Waals surface area (Å²) in [6, 6.07) is 9.46. The smallest absolute Gasteiger partial charge is 0.348 e. The Bertz CT molecular complexity index is 634. The molecule has 1 aromatic carbocycles. The third-order valence-corrected chi connectivity index (χ3v) is 4.63. The van der Waals surface area contributed by atoms with E-state index in [1.54, 1.807) is 0 Å². The maximum Gasteiger partial charge on any atom is 0.348 e. The van der Waals surface area contributed by atoms with E-state index in [1.807, 2.05) is 37.3 Å². The molecular formula is C16H17NO3S. The van der Waals surface area contributed by atoms with Crippen LogP contribution < -0.4 is 0 Å². The van der Waals surface area contributed by atoms with Crippen LogP contribution in [0.1, 0.15) is 40.5 Å². The second kappa shape index (κ2) is 5.95. The Labute approximate surface area is 127 Å². The molecule has 0 aliphatic heterocycles. The van der Waals surface area contributed by atoms with E-state index in [4.69, 9.17) is 4.74 Å². The molecule has 1 atom stereocenters. The van der Waals surface area contributed by atoms with E-state index in [0.29, 0.717) is 23.1 Å². The molecule has 110 valence electrons. The fraction of sp³-hybridized carbons (Fsp3) is 0.375. The highest BCUT2D eigenvalue weighted by Crippen LogP contribution is 2.45. The van der Waals surface area contributed by atoms with Crippen molar-refractivity contribution in [3.05, 3.63) is 40.2 Å². The van der Waals surface area contributed by atoms with Crippen molar-refractivity contribution in [2.75, 3.05) is 6.61 Å². The number of aromatic nitrogens is 1. The lowest BCUT2D eigenvalue weighted by atomic mass is 10.1. The van der Waals surface area contributed by atoms with Gasteiger partial charge in [0.25, 0.3) is 0 Å². The molecule has 0 spiro atoms. The van der Waals surface area contributed by atoms with Crippen molar-refractivity contribution in [2.24, 2.45) is 5.92 Å². The second-order valence-electron chi connectivity index (χ2n) is 5.11. The van der Waals surface area contributed by atoms with Gasteiger partial charge in [-0.15, -0.1) is 11.3 Å². The van der Waals surface area contributed by atoms with Crippen molar-refractivity contribution >= 4 is 17.3 Å². The molecule has 4 nitrogen and oxygen atoms in total. The van der Waals surface area contributed by atoms with Gasteiger partial charge in [-0.3, -0.25) is 0 Å². The predicted octanol–water partition coefficient (Wildman–Crippen LogP) is 4.00. The largest absolute Gasteiger partial charge is 0.477 e. The van der Waals surface area contributed by atoms with Gasteiger partial charge in [-0.05, 0) is 25.7 Å². The topological polar surface area (TPSA) is 59.4 Å². The summed E-state index contributed by atoms with van der Waals surface area (Å²) in [6.45, 7) is 2.57. The molecule has 3 rings (SSSR count). The van der Waals surface area contributed by atoms with Crippen LogP contribution in [0, 0.1) is 5.92 Å². The highest BCUT2D eigenvalue weighted by molar-refractivity contribution is 7.14. The Kier molecular flexibility index (Phi) is 4.03. The SMILES string of the molecule is CCOC(c1nc(-c2ccccc2)c(C(=O)O)s1)C1CC1. The van der Waals surface area contributed by atoms with Gasteiger partial charge in [0.1, 0.15) is 16.0 Å². The van der Waals surface area contributed by atoms with Gasteiger partial charge in [0.05, 0.1) is 5.69 Å². The highest BCUT2D eigenvalue weighted by Gasteiger charge is 2.36. The van der Waals surface area contributed by atoms with Gasteiger partial charge in [-0.25, -0.2) is 9.78 Å². The summed E-state index contributed by atoms with van der Waals surface area (Å²) < 4.78 is 5.79. The number of hydrogen-bond acceptors (Lipinski definition) is 4. The minimum absolute atomic E-state index is 0.0597. The number of aromatic carboxylic acids is 1. The summed E-state index contributed by atoms with van der Waals surface area (Å²) >= 11 is 1.24. The number of carbonyl (C=O) groups is 1. The van der Waals surface area contributed by atoms with Gasteiger partial charge in [0.2, 0.25) is 0 Å². The second-order valence-corrected chi connectivity index (χ2v) is 6.15. The van der Waals surface area contributed by atoms with Crippen LogP contribution >= 0.6 is 11.3 Å². The van der Waals surface area contributed by atoms with Gasteiger partial charge in [0, 0.05) is 12.2 Å². The van der Waals surface area contributed by atoms with Crippen molar-refractivity contribution in [1.29, 1.82) is 0 Å². The molecule has 0 bridgehead atoms. The number of carboxylic acid groups (broad SMARTS) is 1. The van der Waals surface area contributed by atoms with Crippen molar-refractivity contribution in [2.45, 2.75) is 25.9 Å². The zero-order valence-corrected chi connectivity index (χ0v) is 12.6. The van der Waals surface area contributed by atoms with E-state index in [0.717, 1.165) is 23.4 Å². The first kappa shape index (κ1) is 14.2. The number of carboxylic acids is 1. The van der Waals surface area contributed by atoms with Crippen LogP contribution in [-0.4, -0.2) is 22.7 Å². The summed E-state index contributed by atoms with van der Waals surface area (Å²) in [5.41, 5.74) is 1.39. The minimum atomic E-state index is -0.927. The summed E-state index contributed by atoms with van der Waals surface area (Å²) in [6.07, 6.45) is 2.20. The zero-order chi connectivity index (χ0) is 14.8. The molecule has 1 aromatic heterocycles. The quantitative estimate of drug-likeness (QED) is 0.876. The monoisotopic (exact) mass is 303 g/mol. The van der Waals surface area contributed by atoms with Crippen LogP contribution in [0.2, 0.25) is 0 Å². The Hall–Kier alpha value is -1.72. The van der Waals surface area contributed by atoms with Crippen molar-refractivity contribution in [3.8, 4) is 11.3 Å². The fourth-order valence-electron chi connectivity index (χ4n) is 2.38. The van der Waals surface area contributed by atoms with Gasteiger partial charge in [-0.2, -0.15) is 0 Å². The first-order chi connectivity index (χ1) is 10.2. The molecule has 0 amide bonds. The normalized spacial score (nSPS) is 15.9. The summed E-state index contributed by atoms with van der Waals surface area (Å²) in [4.78, 5) is 16.4. The minimum Gasteiger partial charge on any atom is -0.477 e. The standard InChI is InChI=1S/C16H17NO3S/c1-2-20-13(11-8-9-11)15-17-12(14(21-15)16(18)19)10-6-4-3-5-7-10/h3-7,11,13H,2,8-9H2,1H3,(H,18,19). The van der Waals surface area contributed by atoms with Crippen LogP contribution in [-0.2, 0) is 4.74 Å². The molecule has 1 heterocycles. The number of ether oxygens (including phenoxy) is 1. The highest BCUT2D eigenvalue weighted by atomic mass is 32.1. The molecule has 0 radical (unpaired) electrons. The Balaban J connectivity index is 2.02. The third-order valence-electron chi connectivity index (χ3n) is 3.52. The van der Waals surface area contributed by atoms with Crippen LogP contribution in [0.3, 0.4) is 0 Å². The van der Waals surface area contributed by atoms with E-state index < -0.39 is 5.97 Å². The first-order valence-electron chi connectivity index (χ1n) is 7.11. The van der Waals surface area contributed by atoms with Crippen LogP contribution in [0.5, 0.6) is 0 Å². The predicted molar refractivity (Wildman–Crippen MR) is 81.6 cm³/mol. The number of hydrogen-bond donors (Lipinski definition) is 1. The molecule has 21 heavy (non-hydrogen) atoms. The number of thiazole rings is 1. The lowest BCUT2D eigenvalue weighted by Crippen LogP contribution is -2.06. The molecule has 0 saturated heterocycles. The van der Waals surface area contributed by atoms with Gasteiger partial charge in [-0.1, -0.05) is 30.3 Å². The van der Waals surface area contributed by atoms with Crippen LogP contribution in [0.25, 0.3) is 11.3 Å². The molecule has 1 aliphatic rings. The molecule has 1 aliphatic carbocycles. The maximum atomic E-state index is 11.5. The zero-order valence-electron chi connectivity index (χ0n) is 11.8. The van der Waals surface area contributed by atoms with Crippen molar-refractivity contribution in [1.82, 2.24) is 4.98 Å². The summed E-state index contributed by atoms with van der Waals surface area (Å²) in [7, 11) is 0. The molecule has 5 heteroatoms. The molecule has 1 fully saturated rings. The summed E-state index contributed by atoms with van der Waals surface area (Å²) in [5, 5.41) is 10.2. The molecule has 1 saturated carbocycles. The average Bonchev–Trinajstić information content (AvgIpc) is 3.23. The van der Waals surface area contributed by atoms with Crippen LogP contribution in [0.4, 0.5) is 0 Å². The first-order valence-corrected chi connectivity index (χ1v) is 7.93. The number of rotatable bonds is 6. The van der Waals surface area contributed by atoms with E-state index in [-0.39, 0.29) is 6.10 Å². The molecule has 1 unspecified atom stereocenters. The van der Waals surface area contributed by atoms with Gasteiger partial charge < -0.3 is 9.84 Å². The van der Waals surface area contributed by atoms with Crippen molar-refractivity contribution in [3.63, 3.8) is 0 Å². The third kappa shape index (κ3) is 2.99. The van der Waals surface area contributed by atoms with Crippen molar-refractivity contribution < 1.29 is 14.6 Å². The number of nitrogens with zero attached hydrogens (tertiary/aromatic N) is 1. The van der Waals surface area contributed by atoms with E-state index in [9.17, 15) is 9.90 Å². The molecular weight excluding hydrogens is 286 g/mol. The molecule has 2 aromatic rings. The number of benzene rings is 1. The Morgan fingerprint density at radius 1 is 1.43 bits per heavy atom. The fourth-order valence-corrected chi connectivity index (χ4v) is 3.45. The van der Waals surface area contributed by atoms with Crippen LogP contribution in [0.15, 0.2) is 30.3 Å². The molecule has 1 N–H and O–H groups in total. The van der Waals surface area contributed by atoms with Gasteiger partial charge >= 0.3 is 5.97 Å². The van der Waals surface area contributed by atoms with E-state index >= 15 is 0 Å². The van der Waals surface area contributed by atoms with E-state index in [2.05, 4.69) is 4.98 Å². The Morgan fingerprint density at radius 3 is 2.71 bits per heavy atom. The van der Waals surface area contributed by atoms with E-state index in [1.165, 1.54) is 11.3 Å². The maximum absolute atomic E-state index is 11.5. The lowest BCUT2D eigenvalue weighted by molar-refractivity contribution is 0.0462. The Morgan fingerprint density at radius 2 is 2.14 bits per heavy atom. The average molecular weight is 303 g/mol.